The zero-order chi connectivity index (χ0) is 10.8. The molecule has 0 spiro atoms. The summed E-state index contributed by atoms with van der Waals surface area (Å²) in [7, 11) is 0. The Hall–Kier alpha value is -0.640. The molecule has 0 heterocycles. The number of carbonyl (C=O) groups is 1. The predicted octanol–water partition coefficient (Wildman–Crippen LogP) is 1.58. The van der Waals surface area contributed by atoms with Gasteiger partial charge in [-0.1, -0.05) is 0 Å². The molecule has 3 nitrogen and oxygen atoms in total. The lowest BCUT2D eigenvalue weighted by Gasteiger charge is -2.30. The molecule has 82 valence electrons. The summed E-state index contributed by atoms with van der Waals surface area (Å²) in [5.74, 6) is -0.828. The number of esters is 1. The summed E-state index contributed by atoms with van der Waals surface area (Å²) in [5, 5.41) is 9.28. The Morgan fingerprint density at radius 3 is 2.79 bits per heavy atom. The summed E-state index contributed by atoms with van der Waals surface area (Å²) in [6, 6.07) is 0. The number of aliphatic hydroxyl groups excluding tert-OH is 1. The predicted molar refractivity (Wildman–Crippen MR) is 49.5 cm³/mol. The molecule has 0 aromatic carbocycles. The van der Waals surface area contributed by atoms with E-state index >= 15 is 0 Å². The van der Waals surface area contributed by atoms with Crippen LogP contribution in [0.5, 0.6) is 0 Å². The monoisotopic (exact) mass is 204 g/mol. The number of alkyl halides is 1. The van der Waals surface area contributed by atoms with E-state index in [1.54, 1.807) is 13.8 Å². The number of hydrogen-bond acceptors (Lipinski definition) is 3. The van der Waals surface area contributed by atoms with Crippen LogP contribution in [0.25, 0.3) is 0 Å². The highest BCUT2D eigenvalue weighted by atomic mass is 19.1. The minimum atomic E-state index is -1.97. The van der Waals surface area contributed by atoms with Gasteiger partial charge >= 0.3 is 5.97 Å². The van der Waals surface area contributed by atoms with Crippen LogP contribution in [0, 0.1) is 0 Å². The van der Waals surface area contributed by atoms with Gasteiger partial charge in [0.2, 0.25) is 5.67 Å². The van der Waals surface area contributed by atoms with Crippen molar-refractivity contribution in [3.8, 4) is 0 Å². The van der Waals surface area contributed by atoms with Gasteiger partial charge < -0.3 is 9.84 Å². The Balaban J connectivity index is 2.59. The van der Waals surface area contributed by atoms with Gasteiger partial charge in [-0.15, -0.1) is 0 Å². The SMILES string of the molecule is CC(C)OC(=O)[C@@]1(F)CCC[C@H](O)C1. The number of hydrogen-bond donors (Lipinski definition) is 1. The first-order chi connectivity index (χ1) is 6.44. The van der Waals surface area contributed by atoms with Crippen LogP contribution >= 0.6 is 0 Å². The average Bonchev–Trinajstić information content (AvgIpc) is 2.02. The van der Waals surface area contributed by atoms with Crippen molar-refractivity contribution in [2.45, 2.75) is 57.4 Å². The molecule has 1 aliphatic carbocycles. The highest BCUT2D eigenvalue weighted by molar-refractivity contribution is 5.79. The van der Waals surface area contributed by atoms with E-state index in [0.29, 0.717) is 12.8 Å². The number of aliphatic hydroxyl groups is 1. The van der Waals surface area contributed by atoms with Crippen molar-refractivity contribution in [2.24, 2.45) is 0 Å². The van der Waals surface area contributed by atoms with Crippen molar-refractivity contribution in [3.63, 3.8) is 0 Å². The van der Waals surface area contributed by atoms with Crippen molar-refractivity contribution < 1.29 is 19.0 Å². The molecule has 0 aliphatic heterocycles. The molecule has 0 amide bonds. The van der Waals surface area contributed by atoms with E-state index in [4.69, 9.17) is 4.74 Å². The molecule has 1 rings (SSSR count). The molecular weight excluding hydrogens is 187 g/mol. The van der Waals surface area contributed by atoms with E-state index in [2.05, 4.69) is 0 Å². The fourth-order valence-electron chi connectivity index (χ4n) is 1.70. The van der Waals surface area contributed by atoms with Crippen molar-refractivity contribution in [3.05, 3.63) is 0 Å². The van der Waals surface area contributed by atoms with E-state index in [9.17, 15) is 14.3 Å². The second kappa shape index (κ2) is 4.26. The van der Waals surface area contributed by atoms with Crippen molar-refractivity contribution in [1.82, 2.24) is 0 Å². The second-order valence-corrected chi connectivity index (χ2v) is 4.17. The molecule has 1 N–H and O–H groups in total. The summed E-state index contributed by atoms with van der Waals surface area (Å²) in [5.41, 5.74) is -1.97. The first kappa shape index (κ1) is 11.4. The van der Waals surface area contributed by atoms with Gasteiger partial charge in [-0.05, 0) is 33.1 Å². The lowest BCUT2D eigenvalue weighted by Crippen LogP contribution is -2.42. The second-order valence-electron chi connectivity index (χ2n) is 4.17. The van der Waals surface area contributed by atoms with Crippen molar-refractivity contribution in [1.29, 1.82) is 0 Å². The molecule has 4 heteroatoms. The van der Waals surface area contributed by atoms with Gasteiger partial charge in [-0.3, -0.25) is 0 Å². The Kier molecular flexibility index (Phi) is 3.48. The molecule has 1 saturated carbocycles. The smallest absolute Gasteiger partial charge is 0.344 e. The van der Waals surface area contributed by atoms with Crippen molar-refractivity contribution in [2.75, 3.05) is 0 Å². The zero-order valence-electron chi connectivity index (χ0n) is 8.62. The summed E-state index contributed by atoms with van der Waals surface area (Å²) in [6.07, 6.45) is 0.113. The zero-order valence-corrected chi connectivity index (χ0v) is 8.62. The largest absolute Gasteiger partial charge is 0.461 e. The van der Waals surface area contributed by atoms with Crippen LogP contribution < -0.4 is 0 Å². The molecule has 0 radical (unpaired) electrons. The molecule has 1 aliphatic rings. The lowest BCUT2D eigenvalue weighted by atomic mass is 9.84. The maximum atomic E-state index is 13.9. The molecule has 0 saturated heterocycles. The van der Waals surface area contributed by atoms with Crippen LogP contribution in [-0.2, 0) is 9.53 Å². The van der Waals surface area contributed by atoms with Crippen LogP contribution in [0.2, 0.25) is 0 Å². The lowest BCUT2D eigenvalue weighted by molar-refractivity contribution is -0.166. The topological polar surface area (TPSA) is 46.5 Å². The van der Waals surface area contributed by atoms with E-state index in [1.165, 1.54) is 0 Å². The average molecular weight is 204 g/mol. The maximum Gasteiger partial charge on any atom is 0.344 e. The van der Waals surface area contributed by atoms with Gasteiger partial charge in [0, 0.05) is 6.42 Å². The molecule has 2 atom stereocenters. The summed E-state index contributed by atoms with van der Waals surface area (Å²) >= 11 is 0. The Labute approximate surface area is 83.3 Å². The number of ether oxygens (including phenoxy) is 1. The molecule has 1 fully saturated rings. The normalized spacial score (nSPS) is 33.1. The number of rotatable bonds is 2. The molecule has 0 bridgehead atoms. The van der Waals surface area contributed by atoms with E-state index in [1.807, 2.05) is 0 Å². The molecule has 0 aromatic rings. The molecular formula is C10H17FO3. The first-order valence-electron chi connectivity index (χ1n) is 5.02. The Morgan fingerprint density at radius 2 is 2.29 bits per heavy atom. The van der Waals surface area contributed by atoms with Crippen LogP contribution in [0.4, 0.5) is 4.39 Å². The highest BCUT2D eigenvalue weighted by Crippen LogP contribution is 2.33. The van der Waals surface area contributed by atoms with Crippen LogP contribution in [0.3, 0.4) is 0 Å². The van der Waals surface area contributed by atoms with E-state index in [-0.39, 0.29) is 18.9 Å². The molecule has 14 heavy (non-hydrogen) atoms. The van der Waals surface area contributed by atoms with Crippen molar-refractivity contribution >= 4 is 5.97 Å². The third-order valence-electron chi connectivity index (χ3n) is 2.38. The fraction of sp³-hybridized carbons (Fsp3) is 0.900. The summed E-state index contributed by atoms with van der Waals surface area (Å²) < 4.78 is 18.8. The van der Waals surface area contributed by atoms with Crippen LogP contribution in [0.15, 0.2) is 0 Å². The van der Waals surface area contributed by atoms with Crippen LogP contribution in [0.1, 0.15) is 39.5 Å². The fourth-order valence-corrected chi connectivity index (χ4v) is 1.70. The maximum absolute atomic E-state index is 13.9. The van der Waals surface area contributed by atoms with E-state index < -0.39 is 17.7 Å². The van der Waals surface area contributed by atoms with Crippen LogP contribution in [-0.4, -0.2) is 29.0 Å². The minimum Gasteiger partial charge on any atom is -0.461 e. The molecule has 0 unspecified atom stereocenters. The van der Waals surface area contributed by atoms with Gasteiger partial charge in [0.1, 0.15) is 0 Å². The first-order valence-corrected chi connectivity index (χ1v) is 5.02. The standard InChI is InChI=1S/C10H17FO3/c1-7(2)14-9(13)10(11)5-3-4-8(12)6-10/h7-8,12H,3-6H2,1-2H3/t8-,10+/m0/s1. The number of halogens is 1. The van der Waals surface area contributed by atoms with Gasteiger partial charge in [-0.25, -0.2) is 9.18 Å². The Bertz CT molecular complexity index is 217. The third-order valence-corrected chi connectivity index (χ3v) is 2.38. The minimum absolute atomic E-state index is 0.126. The quantitative estimate of drug-likeness (QED) is 0.695. The summed E-state index contributed by atoms with van der Waals surface area (Å²) in [6.45, 7) is 3.36. The van der Waals surface area contributed by atoms with Gasteiger partial charge in [0.15, 0.2) is 0 Å². The third kappa shape index (κ3) is 2.67. The van der Waals surface area contributed by atoms with Gasteiger partial charge in [0.05, 0.1) is 12.2 Å². The van der Waals surface area contributed by atoms with Gasteiger partial charge in [0.25, 0.3) is 0 Å². The molecule has 0 aromatic heterocycles. The summed E-state index contributed by atoms with van der Waals surface area (Å²) in [4.78, 5) is 11.4. The van der Waals surface area contributed by atoms with Gasteiger partial charge in [-0.2, -0.15) is 0 Å². The Morgan fingerprint density at radius 1 is 1.64 bits per heavy atom. The number of carbonyl (C=O) groups excluding carboxylic acids is 1. The van der Waals surface area contributed by atoms with E-state index in [0.717, 1.165) is 0 Å². The highest BCUT2D eigenvalue weighted by Gasteiger charge is 2.44.